The summed E-state index contributed by atoms with van der Waals surface area (Å²) >= 11 is 0. The Morgan fingerprint density at radius 3 is 2.59 bits per heavy atom. The summed E-state index contributed by atoms with van der Waals surface area (Å²) in [6, 6.07) is 12.1. The van der Waals surface area contributed by atoms with Gasteiger partial charge in [0, 0.05) is 24.4 Å². The fourth-order valence-electron chi connectivity index (χ4n) is 3.69. The normalized spacial score (nSPS) is 16.6. The highest BCUT2D eigenvalue weighted by Crippen LogP contribution is 2.31. The average molecular weight is 442 g/mol. The summed E-state index contributed by atoms with van der Waals surface area (Å²) in [5, 5.41) is 0. The van der Waals surface area contributed by atoms with Crippen LogP contribution in [0.15, 0.2) is 42.6 Å². The minimum absolute atomic E-state index is 0.536. The number of pyridine rings is 1. The first-order valence-electron chi connectivity index (χ1n) is 12.6. The number of rotatable bonds is 11. The van der Waals surface area contributed by atoms with Crippen molar-refractivity contribution in [2.24, 2.45) is 5.92 Å². The third kappa shape index (κ3) is 10.0. The molecule has 4 nitrogen and oxygen atoms in total. The lowest BCUT2D eigenvalue weighted by Gasteiger charge is -2.17. The van der Waals surface area contributed by atoms with Crippen LogP contribution in [0.4, 0.5) is 0 Å². The molecule has 3 rings (SSSR count). The number of hydrogen-bond acceptors (Lipinski definition) is 4. The predicted molar refractivity (Wildman–Crippen MR) is 134 cm³/mol. The summed E-state index contributed by atoms with van der Waals surface area (Å²) in [6.07, 6.45) is 12.4. The van der Waals surface area contributed by atoms with Crippen LogP contribution in [0.5, 0.6) is 11.6 Å². The van der Waals surface area contributed by atoms with E-state index in [1.165, 1.54) is 44.9 Å². The Morgan fingerprint density at radius 2 is 1.91 bits per heavy atom. The number of benzene rings is 1. The molecule has 0 saturated carbocycles. The van der Waals surface area contributed by atoms with Crippen LogP contribution < -0.4 is 9.47 Å². The van der Waals surface area contributed by atoms with Crippen LogP contribution in [-0.2, 0) is 4.74 Å². The maximum atomic E-state index is 6.06. The van der Waals surface area contributed by atoms with Crippen molar-refractivity contribution in [3.63, 3.8) is 0 Å². The Kier molecular flexibility index (Phi) is 12.8. The number of nitrogens with zero attached hydrogens (tertiary/aromatic N) is 1. The zero-order valence-electron chi connectivity index (χ0n) is 20.6. The van der Waals surface area contributed by atoms with Crippen LogP contribution in [0.25, 0.3) is 11.1 Å². The smallest absolute Gasteiger partial charge is 0.213 e. The van der Waals surface area contributed by atoms with E-state index >= 15 is 0 Å². The lowest BCUT2D eigenvalue weighted by Crippen LogP contribution is -2.14. The second-order valence-electron chi connectivity index (χ2n) is 8.70. The topological polar surface area (TPSA) is 40.6 Å². The van der Waals surface area contributed by atoms with Gasteiger partial charge in [-0.25, -0.2) is 4.98 Å². The van der Waals surface area contributed by atoms with Crippen LogP contribution >= 0.6 is 0 Å². The van der Waals surface area contributed by atoms with Gasteiger partial charge in [0.05, 0.1) is 19.3 Å². The van der Waals surface area contributed by atoms with Crippen LogP contribution in [0.3, 0.4) is 0 Å². The third-order valence-corrected chi connectivity index (χ3v) is 5.93. The molecule has 0 spiro atoms. The number of aromatic nitrogens is 1. The molecule has 178 valence electrons. The molecule has 1 aromatic carbocycles. The molecule has 1 aromatic heterocycles. The van der Waals surface area contributed by atoms with E-state index in [0.29, 0.717) is 18.6 Å². The maximum absolute atomic E-state index is 6.06. The summed E-state index contributed by atoms with van der Waals surface area (Å²) in [4.78, 5) is 4.24. The largest absolute Gasteiger partial charge is 0.493 e. The van der Waals surface area contributed by atoms with Crippen molar-refractivity contribution in [1.29, 1.82) is 0 Å². The van der Waals surface area contributed by atoms with Crippen molar-refractivity contribution < 1.29 is 14.2 Å². The van der Waals surface area contributed by atoms with E-state index in [1.807, 2.05) is 37.3 Å². The number of para-hydroxylation sites is 1. The molecule has 32 heavy (non-hydrogen) atoms. The molecule has 4 heteroatoms. The van der Waals surface area contributed by atoms with Crippen LogP contribution in [0.1, 0.15) is 79.1 Å². The van der Waals surface area contributed by atoms with Crippen molar-refractivity contribution in [3.8, 4) is 22.8 Å². The first kappa shape index (κ1) is 26.2. The quantitative estimate of drug-likeness (QED) is 0.335. The van der Waals surface area contributed by atoms with E-state index in [2.05, 4.69) is 31.8 Å². The molecule has 1 aliphatic heterocycles. The molecule has 1 aliphatic rings. The fraction of sp³-hybridized carbons (Fsp3) is 0.607. The molecule has 1 fully saturated rings. The summed E-state index contributed by atoms with van der Waals surface area (Å²) in [5.41, 5.74) is 2.16. The first-order valence-corrected chi connectivity index (χ1v) is 12.6. The lowest BCUT2D eigenvalue weighted by molar-refractivity contribution is 0.0285. The summed E-state index contributed by atoms with van der Waals surface area (Å²) in [5.74, 6) is 2.42. The van der Waals surface area contributed by atoms with Gasteiger partial charge in [0.25, 0.3) is 0 Å². The Balaban J connectivity index is 0.000000439. The Labute approximate surface area is 195 Å². The van der Waals surface area contributed by atoms with Crippen molar-refractivity contribution in [2.75, 3.05) is 19.8 Å². The second-order valence-corrected chi connectivity index (χ2v) is 8.70. The van der Waals surface area contributed by atoms with Gasteiger partial charge in [-0.2, -0.15) is 0 Å². The number of hydrogen-bond donors (Lipinski definition) is 0. The summed E-state index contributed by atoms with van der Waals surface area (Å²) in [7, 11) is 0. The van der Waals surface area contributed by atoms with Crippen molar-refractivity contribution in [1.82, 2.24) is 4.98 Å². The molecule has 2 heterocycles. The molecule has 1 saturated heterocycles. The molecular formula is C28H43NO3. The molecule has 0 bridgehead atoms. The molecule has 2 unspecified atom stereocenters. The van der Waals surface area contributed by atoms with Gasteiger partial charge in [0.2, 0.25) is 5.88 Å². The van der Waals surface area contributed by atoms with Gasteiger partial charge in [0.1, 0.15) is 5.75 Å². The van der Waals surface area contributed by atoms with Gasteiger partial charge in [-0.05, 0) is 63.1 Å². The highest BCUT2D eigenvalue weighted by molar-refractivity contribution is 5.70. The molecule has 0 aliphatic carbocycles. The van der Waals surface area contributed by atoms with E-state index in [1.54, 1.807) is 6.20 Å². The van der Waals surface area contributed by atoms with Gasteiger partial charge in [-0.3, -0.25) is 0 Å². The zero-order valence-corrected chi connectivity index (χ0v) is 20.6. The molecule has 2 aromatic rings. The molecule has 0 radical (unpaired) electrons. The van der Waals surface area contributed by atoms with Crippen LogP contribution in [0.2, 0.25) is 0 Å². The third-order valence-electron chi connectivity index (χ3n) is 5.93. The second kappa shape index (κ2) is 15.7. The van der Waals surface area contributed by atoms with E-state index < -0.39 is 0 Å². The van der Waals surface area contributed by atoms with Gasteiger partial charge in [-0.1, -0.05) is 57.7 Å². The fourth-order valence-corrected chi connectivity index (χ4v) is 3.69. The minimum atomic E-state index is 0.536. The van der Waals surface area contributed by atoms with Crippen LogP contribution in [0, 0.1) is 5.92 Å². The van der Waals surface area contributed by atoms with E-state index in [-0.39, 0.29) is 0 Å². The Morgan fingerprint density at radius 1 is 1.06 bits per heavy atom. The standard InChI is InChI=1S/C22H31NO2.C6H12O/c1-4-18(3)11-7-6-10-16-25-21-13-9-8-12-20(21)19-14-15-23-22(17-19)24-5-2;1-6-4-2-3-5-7-6/h8-9,12-15,17-18H,4-7,10-11,16H2,1-3H3;6H,2-5H2,1H3. The maximum Gasteiger partial charge on any atom is 0.213 e. The minimum Gasteiger partial charge on any atom is -0.493 e. The van der Waals surface area contributed by atoms with Crippen molar-refractivity contribution in [2.45, 2.75) is 85.2 Å². The van der Waals surface area contributed by atoms with Gasteiger partial charge in [-0.15, -0.1) is 0 Å². The van der Waals surface area contributed by atoms with Gasteiger partial charge in [0.15, 0.2) is 0 Å². The van der Waals surface area contributed by atoms with Crippen molar-refractivity contribution in [3.05, 3.63) is 42.6 Å². The summed E-state index contributed by atoms with van der Waals surface area (Å²) in [6.45, 7) is 11.1. The van der Waals surface area contributed by atoms with Crippen molar-refractivity contribution >= 4 is 0 Å². The lowest BCUT2D eigenvalue weighted by atomic mass is 10.0. The van der Waals surface area contributed by atoms with E-state index in [4.69, 9.17) is 14.2 Å². The number of unbranched alkanes of at least 4 members (excludes halogenated alkanes) is 2. The van der Waals surface area contributed by atoms with E-state index in [9.17, 15) is 0 Å². The Hall–Kier alpha value is -2.07. The highest BCUT2D eigenvalue weighted by atomic mass is 16.5. The molecule has 2 atom stereocenters. The van der Waals surface area contributed by atoms with E-state index in [0.717, 1.165) is 42.4 Å². The monoisotopic (exact) mass is 441 g/mol. The summed E-state index contributed by atoms with van der Waals surface area (Å²) < 4.78 is 16.9. The SMILES string of the molecule is CC1CCCCO1.CCOc1cc(-c2ccccc2OCCCCCC(C)CC)ccn1. The zero-order chi connectivity index (χ0) is 23.0. The molecular weight excluding hydrogens is 398 g/mol. The average Bonchev–Trinajstić information content (AvgIpc) is 2.82. The predicted octanol–water partition coefficient (Wildman–Crippen LogP) is 7.71. The van der Waals surface area contributed by atoms with Gasteiger partial charge >= 0.3 is 0 Å². The number of ether oxygens (including phenoxy) is 3. The van der Waals surface area contributed by atoms with Crippen LogP contribution in [-0.4, -0.2) is 30.9 Å². The van der Waals surface area contributed by atoms with Gasteiger partial charge < -0.3 is 14.2 Å². The first-order chi connectivity index (χ1) is 15.6. The molecule has 0 N–H and O–H groups in total. The Bertz CT molecular complexity index is 743. The molecule has 0 amide bonds. The highest BCUT2D eigenvalue weighted by Gasteiger charge is 2.08.